The number of hydrogen-bond donors (Lipinski definition) is 0. The predicted molar refractivity (Wildman–Crippen MR) is 42.2 cm³/mol. The molecule has 0 unspecified atom stereocenters. The Labute approximate surface area is 67.2 Å². The molecule has 11 heavy (non-hydrogen) atoms. The second-order valence-electron chi connectivity index (χ2n) is 3.15. The maximum absolute atomic E-state index is 5.44. The van der Waals surface area contributed by atoms with Gasteiger partial charge in [0.05, 0.1) is 13.2 Å². The Morgan fingerprint density at radius 3 is 2.55 bits per heavy atom. The predicted octanol–water partition coefficient (Wildman–Crippen LogP) is 1.72. The average Bonchev–Trinajstić information content (AvgIpc) is 2.58. The molecule has 1 fully saturated rings. The van der Waals surface area contributed by atoms with Crippen LogP contribution in [0.1, 0.15) is 19.3 Å². The van der Waals surface area contributed by atoms with Crippen molar-refractivity contribution in [1.82, 2.24) is 0 Å². The average molecular weight is 154 g/mol. The maximum Gasteiger partial charge on any atom is 0.160 e. The topological polar surface area (TPSA) is 18.5 Å². The van der Waals surface area contributed by atoms with Gasteiger partial charge in [-0.3, -0.25) is 0 Å². The lowest BCUT2D eigenvalue weighted by molar-refractivity contribution is -0.0852. The zero-order valence-electron chi connectivity index (χ0n) is 6.66. The third-order valence-corrected chi connectivity index (χ3v) is 2.34. The van der Waals surface area contributed by atoms with E-state index in [1.54, 1.807) is 0 Å². The van der Waals surface area contributed by atoms with E-state index in [0.29, 0.717) is 5.92 Å². The quantitative estimate of drug-likeness (QED) is 0.535. The third-order valence-electron chi connectivity index (χ3n) is 2.34. The summed E-state index contributed by atoms with van der Waals surface area (Å²) in [6.07, 6.45) is 8.12. The van der Waals surface area contributed by atoms with Gasteiger partial charge in [0.1, 0.15) is 0 Å². The van der Waals surface area contributed by atoms with E-state index in [1.165, 1.54) is 12.8 Å². The van der Waals surface area contributed by atoms with Crippen molar-refractivity contribution in [3.05, 3.63) is 12.2 Å². The zero-order chi connectivity index (χ0) is 7.52. The second kappa shape index (κ2) is 3.37. The highest BCUT2D eigenvalue weighted by atomic mass is 16.7. The Bertz CT molecular complexity index is 148. The van der Waals surface area contributed by atoms with Crippen molar-refractivity contribution < 1.29 is 9.47 Å². The molecule has 1 saturated heterocycles. The molecule has 0 aromatic rings. The lowest BCUT2D eigenvalue weighted by Gasteiger charge is -2.22. The van der Waals surface area contributed by atoms with E-state index >= 15 is 0 Å². The van der Waals surface area contributed by atoms with Crippen LogP contribution in [0.4, 0.5) is 0 Å². The van der Waals surface area contributed by atoms with Gasteiger partial charge in [-0.25, -0.2) is 0 Å². The summed E-state index contributed by atoms with van der Waals surface area (Å²) in [4.78, 5) is 0. The summed E-state index contributed by atoms with van der Waals surface area (Å²) >= 11 is 0. The van der Waals surface area contributed by atoms with Crippen LogP contribution in [0, 0.1) is 5.92 Å². The number of allylic oxidation sites excluding steroid dienone is 2. The monoisotopic (exact) mass is 154 g/mol. The Morgan fingerprint density at radius 1 is 1.09 bits per heavy atom. The Kier molecular flexibility index (Phi) is 2.24. The molecule has 1 aliphatic carbocycles. The fourth-order valence-corrected chi connectivity index (χ4v) is 1.71. The largest absolute Gasteiger partial charge is 0.350 e. The molecule has 0 bridgehead atoms. The van der Waals surface area contributed by atoms with Gasteiger partial charge in [-0.1, -0.05) is 12.2 Å². The first-order chi connectivity index (χ1) is 5.47. The molecule has 1 aliphatic heterocycles. The van der Waals surface area contributed by atoms with Gasteiger partial charge in [-0.2, -0.15) is 0 Å². The normalized spacial score (nSPS) is 32.9. The Hall–Kier alpha value is -0.340. The van der Waals surface area contributed by atoms with E-state index in [-0.39, 0.29) is 6.29 Å². The van der Waals surface area contributed by atoms with Crippen molar-refractivity contribution in [3.63, 3.8) is 0 Å². The fourth-order valence-electron chi connectivity index (χ4n) is 1.71. The van der Waals surface area contributed by atoms with Gasteiger partial charge in [-0.15, -0.1) is 0 Å². The molecular formula is C9H14O2. The van der Waals surface area contributed by atoms with Crippen LogP contribution in [0.2, 0.25) is 0 Å². The Morgan fingerprint density at radius 2 is 1.91 bits per heavy atom. The molecule has 0 N–H and O–H groups in total. The van der Waals surface area contributed by atoms with Gasteiger partial charge >= 0.3 is 0 Å². The fraction of sp³-hybridized carbons (Fsp3) is 0.778. The molecule has 1 heterocycles. The van der Waals surface area contributed by atoms with Crippen molar-refractivity contribution in [2.75, 3.05) is 13.2 Å². The van der Waals surface area contributed by atoms with Crippen LogP contribution in [0.5, 0.6) is 0 Å². The van der Waals surface area contributed by atoms with Crippen LogP contribution in [0.15, 0.2) is 12.2 Å². The van der Waals surface area contributed by atoms with E-state index in [9.17, 15) is 0 Å². The summed E-state index contributed by atoms with van der Waals surface area (Å²) in [5.74, 6) is 0.613. The highest BCUT2D eigenvalue weighted by Gasteiger charge is 2.26. The van der Waals surface area contributed by atoms with Crippen molar-refractivity contribution in [2.24, 2.45) is 5.92 Å². The van der Waals surface area contributed by atoms with Gasteiger partial charge in [0.25, 0.3) is 0 Å². The summed E-state index contributed by atoms with van der Waals surface area (Å²) in [5, 5.41) is 0. The first-order valence-corrected chi connectivity index (χ1v) is 4.35. The standard InChI is InChI=1S/C9H14O2/c1-2-4-8(5-3-1)9-10-6-7-11-9/h1-2,8-9H,3-7H2/t8-/m1/s1. The summed E-state index contributed by atoms with van der Waals surface area (Å²) in [5.41, 5.74) is 0. The molecule has 0 aromatic carbocycles. The number of hydrogen-bond acceptors (Lipinski definition) is 2. The minimum atomic E-state index is 0.0972. The number of rotatable bonds is 1. The third kappa shape index (κ3) is 1.63. The van der Waals surface area contributed by atoms with Crippen LogP contribution < -0.4 is 0 Å². The minimum absolute atomic E-state index is 0.0972. The summed E-state index contributed by atoms with van der Waals surface area (Å²) < 4.78 is 10.9. The van der Waals surface area contributed by atoms with E-state index in [0.717, 1.165) is 19.6 Å². The van der Waals surface area contributed by atoms with Crippen LogP contribution in [0.3, 0.4) is 0 Å². The van der Waals surface area contributed by atoms with Crippen LogP contribution in [-0.4, -0.2) is 19.5 Å². The highest BCUT2D eigenvalue weighted by Crippen LogP contribution is 2.26. The van der Waals surface area contributed by atoms with E-state index in [4.69, 9.17) is 9.47 Å². The van der Waals surface area contributed by atoms with Crippen molar-refractivity contribution in [3.8, 4) is 0 Å². The van der Waals surface area contributed by atoms with Crippen LogP contribution in [-0.2, 0) is 9.47 Å². The molecule has 2 rings (SSSR count). The van der Waals surface area contributed by atoms with E-state index in [2.05, 4.69) is 12.2 Å². The molecule has 2 nitrogen and oxygen atoms in total. The molecular weight excluding hydrogens is 140 g/mol. The molecule has 0 spiro atoms. The van der Waals surface area contributed by atoms with Gasteiger partial charge in [0.15, 0.2) is 6.29 Å². The van der Waals surface area contributed by atoms with Gasteiger partial charge in [-0.05, 0) is 19.3 Å². The molecule has 1 atom stereocenters. The van der Waals surface area contributed by atoms with Gasteiger partial charge in [0, 0.05) is 5.92 Å². The van der Waals surface area contributed by atoms with E-state index in [1.807, 2.05) is 0 Å². The maximum atomic E-state index is 5.44. The lowest BCUT2D eigenvalue weighted by atomic mass is 9.94. The molecule has 0 radical (unpaired) electrons. The van der Waals surface area contributed by atoms with E-state index < -0.39 is 0 Å². The minimum Gasteiger partial charge on any atom is -0.350 e. The summed E-state index contributed by atoms with van der Waals surface area (Å²) in [7, 11) is 0. The first kappa shape index (κ1) is 7.32. The molecule has 2 aliphatic rings. The lowest BCUT2D eigenvalue weighted by Crippen LogP contribution is -2.22. The van der Waals surface area contributed by atoms with Crippen molar-refractivity contribution in [2.45, 2.75) is 25.6 Å². The summed E-state index contributed by atoms with van der Waals surface area (Å²) in [6.45, 7) is 1.57. The van der Waals surface area contributed by atoms with Crippen molar-refractivity contribution in [1.29, 1.82) is 0 Å². The zero-order valence-corrected chi connectivity index (χ0v) is 6.66. The Balaban J connectivity index is 1.88. The highest BCUT2D eigenvalue weighted by molar-refractivity contribution is 4.91. The molecule has 2 heteroatoms. The van der Waals surface area contributed by atoms with Crippen LogP contribution >= 0.6 is 0 Å². The molecule has 0 aromatic heterocycles. The molecule has 62 valence electrons. The van der Waals surface area contributed by atoms with Gasteiger partial charge in [0.2, 0.25) is 0 Å². The van der Waals surface area contributed by atoms with Gasteiger partial charge < -0.3 is 9.47 Å². The number of ether oxygens (including phenoxy) is 2. The summed E-state index contributed by atoms with van der Waals surface area (Å²) in [6, 6.07) is 0. The van der Waals surface area contributed by atoms with Crippen LogP contribution in [0.25, 0.3) is 0 Å². The molecule has 0 amide bonds. The second-order valence-corrected chi connectivity index (χ2v) is 3.15. The van der Waals surface area contributed by atoms with Crippen molar-refractivity contribution >= 4 is 0 Å². The molecule has 0 saturated carbocycles. The smallest absolute Gasteiger partial charge is 0.160 e. The first-order valence-electron chi connectivity index (χ1n) is 4.35. The SMILES string of the molecule is C1=CC[C@@H](C2OCCO2)CC1.